The van der Waals surface area contributed by atoms with Gasteiger partial charge in [-0.3, -0.25) is 5.32 Å². The van der Waals surface area contributed by atoms with Gasteiger partial charge in [0.1, 0.15) is 6.04 Å². The Bertz CT molecular complexity index is 218. The van der Waals surface area contributed by atoms with Crippen LogP contribution in [0.1, 0.15) is 6.42 Å². The second-order valence-corrected chi connectivity index (χ2v) is 3.23. The Kier molecular flexibility index (Phi) is 3.72. The summed E-state index contributed by atoms with van der Waals surface area (Å²) in [5, 5.41) is 10.8. The molecule has 0 aromatic carbocycles. The molecule has 0 aromatic rings. The maximum Gasteiger partial charge on any atom is 0.401 e. The van der Waals surface area contributed by atoms with Crippen molar-refractivity contribution < 1.29 is 17.9 Å². The fourth-order valence-corrected chi connectivity index (χ4v) is 1.36. The maximum absolute atomic E-state index is 11.8. The smallest absolute Gasteiger partial charge is 0.381 e. The zero-order valence-electron chi connectivity index (χ0n) is 7.47. The first kappa shape index (κ1) is 11.3. The zero-order valence-corrected chi connectivity index (χ0v) is 7.47. The van der Waals surface area contributed by atoms with E-state index in [0.717, 1.165) is 0 Å². The third-order valence-electron chi connectivity index (χ3n) is 2.10. The summed E-state index contributed by atoms with van der Waals surface area (Å²) in [6.07, 6.45) is -3.63. The van der Waals surface area contributed by atoms with Crippen LogP contribution in [0, 0.1) is 17.2 Å². The van der Waals surface area contributed by atoms with Gasteiger partial charge in [0.05, 0.1) is 19.2 Å². The van der Waals surface area contributed by atoms with Gasteiger partial charge in [0.15, 0.2) is 0 Å². The number of hydrogen-bond donors (Lipinski definition) is 1. The minimum Gasteiger partial charge on any atom is -0.381 e. The van der Waals surface area contributed by atoms with E-state index in [1.807, 2.05) is 6.07 Å². The normalized spacial score (nSPS) is 24.6. The van der Waals surface area contributed by atoms with Gasteiger partial charge in [0, 0.05) is 12.5 Å². The number of nitriles is 1. The summed E-state index contributed by atoms with van der Waals surface area (Å²) in [5.74, 6) is -0.123. The summed E-state index contributed by atoms with van der Waals surface area (Å²) in [6.45, 7) is -0.235. The highest BCUT2D eigenvalue weighted by Gasteiger charge is 2.31. The lowest BCUT2D eigenvalue weighted by atomic mass is 10.0. The Balaban J connectivity index is 2.36. The fraction of sp³-hybridized carbons (Fsp3) is 0.875. The monoisotopic (exact) mass is 208 g/mol. The first-order valence-corrected chi connectivity index (χ1v) is 4.30. The van der Waals surface area contributed by atoms with Crippen molar-refractivity contribution in [2.24, 2.45) is 5.92 Å². The van der Waals surface area contributed by atoms with Crippen LogP contribution in [0.15, 0.2) is 0 Å². The van der Waals surface area contributed by atoms with Gasteiger partial charge in [-0.2, -0.15) is 18.4 Å². The minimum atomic E-state index is -4.27. The van der Waals surface area contributed by atoms with E-state index in [-0.39, 0.29) is 5.92 Å². The van der Waals surface area contributed by atoms with Gasteiger partial charge in [-0.15, -0.1) is 0 Å². The van der Waals surface area contributed by atoms with Crippen LogP contribution in [-0.2, 0) is 4.74 Å². The van der Waals surface area contributed by atoms with E-state index < -0.39 is 18.8 Å². The second-order valence-electron chi connectivity index (χ2n) is 3.23. The van der Waals surface area contributed by atoms with E-state index in [4.69, 9.17) is 10.00 Å². The highest BCUT2D eigenvalue weighted by molar-refractivity contribution is 4.96. The van der Waals surface area contributed by atoms with Crippen LogP contribution >= 0.6 is 0 Å². The van der Waals surface area contributed by atoms with Crippen LogP contribution in [-0.4, -0.2) is 32.0 Å². The molecule has 2 atom stereocenters. The fourth-order valence-electron chi connectivity index (χ4n) is 1.36. The van der Waals surface area contributed by atoms with E-state index in [1.165, 1.54) is 0 Å². The molecule has 1 rings (SSSR count). The number of alkyl halides is 3. The molecule has 1 fully saturated rings. The Hall–Kier alpha value is -0.800. The molecule has 0 radical (unpaired) electrons. The maximum atomic E-state index is 11.8. The van der Waals surface area contributed by atoms with E-state index >= 15 is 0 Å². The molecule has 1 saturated heterocycles. The van der Waals surface area contributed by atoms with Crippen molar-refractivity contribution in [3.05, 3.63) is 0 Å². The first-order chi connectivity index (χ1) is 6.53. The molecule has 14 heavy (non-hydrogen) atoms. The lowest BCUT2D eigenvalue weighted by Gasteiger charge is -2.17. The molecule has 1 aliphatic heterocycles. The van der Waals surface area contributed by atoms with Gasteiger partial charge in [-0.25, -0.2) is 0 Å². The number of rotatable bonds is 3. The average Bonchev–Trinajstić information content (AvgIpc) is 2.56. The summed E-state index contributed by atoms with van der Waals surface area (Å²) in [5.41, 5.74) is 0. The standard InChI is InChI=1S/C8H11F3N2O/c9-8(10,11)5-13-7(3-12)6-1-2-14-4-6/h6-7,13H,1-2,4-5H2. The van der Waals surface area contributed by atoms with Crippen molar-refractivity contribution >= 4 is 0 Å². The summed E-state index contributed by atoms with van der Waals surface area (Å²) in [4.78, 5) is 0. The largest absolute Gasteiger partial charge is 0.401 e. The highest BCUT2D eigenvalue weighted by atomic mass is 19.4. The molecule has 0 saturated carbocycles. The third-order valence-corrected chi connectivity index (χ3v) is 2.10. The Morgan fingerprint density at radius 3 is 2.71 bits per heavy atom. The van der Waals surface area contributed by atoms with Crippen molar-refractivity contribution in [3.63, 3.8) is 0 Å². The molecule has 1 heterocycles. The molecule has 0 amide bonds. The number of nitrogens with zero attached hydrogens (tertiary/aromatic N) is 1. The van der Waals surface area contributed by atoms with E-state index in [9.17, 15) is 13.2 Å². The van der Waals surface area contributed by atoms with Gasteiger partial charge >= 0.3 is 6.18 Å². The average molecular weight is 208 g/mol. The molecule has 80 valence electrons. The van der Waals surface area contributed by atoms with Crippen molar-refractivity contribution in [3.8, 4) is 6.07 Å². The zero-order chi connectivity index (χ0) is 10.6. The van der Waals surface area contributed by atoms with Gasteiger partial charge in [0.25, 0.3) is 0 Å². The van der Waals surface area contributed by atoms with Crippen LogP contribution in [0.4, 0.5) is 13.2 Å². The van der Waals surface area contributed by atoms with E-state index in [1.54, 1.807) is 0 Å². The molecule has 0 bridgehead atoms. The summed E-state index contributed by atoms with van der Waals surface area (Å²) < 4.78 is 40.5. The van der Waals surface area contributed by atoms with Gasteiger partial charge in [-0.05, 0) is 6.42 Å². The predicted octanol–water partition coefficient (Wildman–Crippen LogP) is 1.07. The molecule has 3 nitrogen and oxygen atoms in total. The molecular formula is C8H11F3N2O. The molecular weight excluding hydrogens is 197 g/mol. The first-order valence-electron chi connectivity index (χ1n) is 4.30. The summed E-state index contributed by atoms with van der Waals surface area (Å²) >= 11 is 0. The highest BCUT2D eigenvalue weighted by Crippen LogP contribution is 2.18. The molecule has 6 heteroatoms. The van der Waals surface area contributed by atoms with Crippen LogP contribution in [0.3, 0.4) is 0 Å². The van der Waals surface area contributed by atoms with Crippen molar-refractivity contribution in [2.75, 3.05) is 19.8 Å². The van der Waals surface area contributed by atoms with Crippen molar-refractivity contribution in [1.29, 1.82) is 5.26 Å². The van der Waals surface area contributed by atoms with Crippen molar-refractivity contribution in [1.82, 2.24) is 5.32 Å². The Morgan fingerprint density at radius 2 is 2.29 bits per heavy atom. The Morgan fingerprint density at radius 1 is 1.57 bits per heavy atom. The quantitative estimate of drug-likeness (QED) is 0.754. The van der Waals surface area contributed by atoms with Crippen LogP contribution in [0.2, 0.25) is 0 Å². The minimum absolute atomic E-state index is 0.123. The second kappa shape index (κ2) is 4.62. The van der Waals surface area contributed by atoms with Gasteiger partial charge < -0.3 is 4.74 Å². The number of ether oxygens (including phenoxy) is 1. The van der Waals surface area contributed by atoms with Crippen LogP contribution < -0.4 is 5.32 Å². The van der Waals surface area contributed by atoms with Gasteiger partial charge in [0.2, 0.25) is 0 Å². The van der Waals surface area contributed by atoms with Crippen molar-refractivity contribution in [2.45, 2.75) is 18.6 Å². The van der Waals surface area contributed by atoms with E-state index in [2.05, 4.69) is 5.32 Å². The molecule has 2 unspecified atom stereocenters. The molecule has 1 aliphatic rings. The Labute approximate surface area is 79.8 Å². The van der Waals surface area contributed by atoms with Crippen LogP contribution in [0.5, 0.6) is 0 Å². The predicted molar refractivity (Wildman–Crippen MR) is 42.4 cm³/mol. The molecule has 0 spiro atoms. The third kappa shape index (κ3) is 3.52. The molecule has 0 aliphatic carbocycles. The van der Waals surface area contributed by atoms with E-state index in [0.29, 0.717) is 19.6 Å². The number of nitrogens with one attached hydrogen (secondary N) is 1. The lowest BCUT2D eigenvalue weighted by Crippen LogP contribution is -2.40. The molecule has 1 N–H and O–H groups in total. The number of hydrogen-bond acceptors (Lipinski definition) is 3. The summed E-state index contributed by atoms with van der Waals surface area (Å²) in [6, 6.07) is 1.06. The number of halogens is 3. The lowest BCUT2D eigenvalue weighted by molar-refractivity contribution is -0.126. The van der Waals surface area contributed by atoms with Crippen LogP contribution in [0.25, 0.3) is 0 Å². The van der Waals surface area contributed by atoms with Gasteiger partial charge in [-0.1, -0.05) is 0 Å². The molecule has 0 aromatic heterocycles. The summed E-state index contributed by atoms with van der Waals surface area (Å²) in [7, 11) is 0. The SMILES string of the molecule is N#CC(NCC(F)(F)F)C1CCOC1. The topological polar surface area (TPSA) is 45.0 Å².